The van der Waals surface area contributed by atoms with E-state index in [1.54, 1.807) is 12.1 Å². The van der Waals surface area contributed by atoms with Crippen molar-refractivity contribution in [2.24, 2.45) is 0 Å². The van der Waals surface area contributed by atoms with Gasteiger partial charge in [-0.3, -0.25) is 0 Å². The zero-order chi connectivity index (χ0) is 41.6. The van der Waals surface area contributed by atoms with E-state index in [2.05, 4.69) is 94.9 Å². The number of hydrogen-bond acceptors (Lipinski definition) is 3. The Morgan fingerprint density at radius 1 is 0.469 bits per heavy atom. The molecular weight excluding hydrogens is 965 g/mol. The summed E-state index contributed by atoms with van der Waals surface area (Å²) >= 11 is 0. The minimum Gasteiger partial charge on any atom is -0.505 e. The average Bonchev–Trinajstić information content (AvgIpc) is 3.79. The van der Waals surface area contributed by atoms with Crippen LogP contribution < -0.4 is 9.47 Å². The van der Waals surface area contributed by atoms with Gasteiger partial charge in [-0.2, -0.15) is 0 Å². The van der Waals surface area contributed by atoms with Crippen LogP contribution in [-0.4, -0.2) is 27.5 Å². The summed E-state index contributed by atoms with van der Waals surface area (Å²) in [5.74, 6) is 0.326. The first-order valence-corrected chi connectivity index (χ1v) is 20.6. The number of halogens is 2. The van der Waals surface area contributed by atoms with Crippen LogP contribution in [0.3, 0.4) is 0 Å². The van der Waals surface area contributed by atoms with Crippen molar-refractivity contribution < 1.29 is 49.2 Å². The van der Waals surface area contributed by atoms with Crippen LogP contribution in [0.2, 0.25) is 0 Å². The first kappa shape index (κ1) is 45.5. The van der Waals surface area contributed by atoms with E-state index >= 15 is 0 Å². The Bertz CT molecular complexity index is 3190. The molecule has 0 radical (unpaired) electrons. The summed E-state index contributed by atoms with van der Waals surface area (Å²) in [7, 11) is 0. The molecule has 0 aliphatic rings. The van der Waals surface area contributed by atoms with Gasteiger partial charge in [-0.05, 0) is 128 Å². The van der Waals surface area contributed by atoms with E-state index in [0.29, 0.717) is 59.9 Å². The van der Waals surface area contributed by atoms with Crippen molar-refractivity contribution in [2.45, 2.75) is 26.7 Å². The van der Waals surface area contributed by atoms with E-state index in [0.717, 1.165) is 55.2 Å². The van der Waals surface area contributed by atoms with E-state index in [4.69, 9.17) is 9.47 Å². The topological polar surface area (TPSA) is 48.6 Å². The molecule has 8 aromatic carbocycles. The number of nitrogens with zero attached hydrogens (tertiary/aromatic N) is 2. The molecule has 0 saturated heterocycles. The van der Waals surface area contributed by atoms with Gasteiger partial charge < -0.3 is 38.6 Å². The van der Waals surface area contributed by atoms with Crippen LogP contribution in [0.5, 0.6) is 17.2 Å². The third kappa shape index (κ3) is 8.35. The molecule has 10 rings (SSSR count). The maximum absolute atomic E-state index is 14.9. The molecule has 0 aliphatic carbocycles. The van der Waals surface area contributed by atoms with Crippen molar-refractivity contribution in [1.29, 1.82) is 0 Å². The second kappa shape index (κ2) is 19.1. The third-order valence-electron chi connectivity index (χ3n) is 11.5. The Morgan fingerprint density at radius 3 is 1.42 bits per heavy atom. The number of phenols is 1. The Kier molecular flexibility index (Phi) is 13.6. The number of aromatic nitrogens is 2. The van der Waals surface area contributed by atoms with Crippen LogP contribution in [0.4, 0.5) is 8.78 Å². The second-order valence-corrected chi connectivity index (χ2v) is 15.7. The maximum atomic E-state index is 14.9. The van der Waals surface area contributed by atoms with Crippen LogP contribution in [0.15, 0.2) is 164 Å². The third-order valence-corrected chi connectivity index (χ3v) is 11.5. The second-order valence-electron chi connectivity index (χ2n) is 15.7. The van der Waals surface area contributed by atoms with Crippen LogP contribution in [0, 0.1) is 40.3 Å². The Balaban J connectivity index is 0.00000204. The van der Waals surface area contributed by atoms with Crippen molar-refractivity contribution in [3.05, 3.63) is 201 Å². The molecule has 0 atom stereocenters. The first-order valence-electron chi connectivity index (χ1n) is 20.6. The molecule has 1 N–H and O–H groups in total. The minimum absolute atomic E-state index is 0. The van der Waals surface area contributed by atoms with Crippen molar-refractivity contribution in [3.63, 3.8) is 0 Å². The number of unbranched alkanes of at least 4 members (excludes halogenated alkanes) is 1. The number of phenolic OH excluding ortho intramolecular Hbond substituents is 1. The normalized spacial score (nSPS) is 11.1. The van der Waals surface area contributed by atoms with Gasteiger partial charge in [0.2, 0.25) is 0 Å². The molecule has 5 nitrogen and oxygen atoms in total. The number of fused-ring (bicyclic) bond motifs is 6. The van der Waals surface area contributed by atoms with Gasteiger partial charge in [0.05, 0.1) is 41.0 Å². The predicted octanol–water partition coefficient (Wildman–Crippen LogP) is 15.0. The minimum atomic E-state index is -0.430. The number of hydrogen-bond donors (Lipinski definition) is 1. The fraction of sp³-hybridized carbons (Fsp3) is 0.107. The van der Waals surface area contributed by atoms with E-state index in [1.807, 2.05) is 55.5 Å². The maximum Gasteiger partial charge on any atom is 0.147 e. The average molecular weight is 1010 g/mol. The molecule has 0 unspecified atom stereocenters. The first-order chi connectivity index (χ1) is 29.8. The summed E-state index contributed by atoms with van der Waals surface area (Å²) in [6.45, 7) is 4.74. The van der Waals surface area contributed by atoms with Gasteiger partial charge in [-0.1, -0.05) is 78.9 Å². The molecule has 2 heterocycles. The number of benzene rings is 8. The molecule has 320 valence electrons. The van der Waals surface area contributed by atoms with Gasteiger partial charge in [-0.25, -0.2) is 8.78 Å². The Labute approximate surface area is 391 Å². The molecule has 0 bridgehead atoms. The molecule has 0 spiro atoms. The number of rotatable bonds is 11. The number of aromatic hydroxyl groups is 1. The summed E-state index contributed by atoms with van der Waals surface area (Å²) in [5.41, 5.74) is 10.2. The molecule has 0 fully saturated rings. The Morgan fingerprint density at radius 2 is 0.906 bits per heavy atom. The summed E-state index contributed by atoms with van der Waals surface area (Å²) < 4.78 is 46.8. The van der Waals surface area contributed by atoms with Crippen molar-refractivity contribution in [3.8, 4) is 50.9 Å². The van der Waals surface area contributed by atoms with E-state index in [1.165, 1.54) is 35.0 Å². The predicted molar refractivity (Wildman–Crippen MR) is 257 cm³/mol. The van der Waals surface area contributed by atoms with Crippen LogP contribution in [0.25, 0.3) is 77.2 Å². The molecule has 0 aliphatic heterocycles. The van der Waals surface area contributed by atoms with E-state index in [9.17, 15) is 13.9 Å². The van der Waals surface area contributed by atoms with E-state index in [-0.39, 0.29) is 52.3 Å². The summed E-state index contributed by atoms with van der Waals surface area (Å²) in [4.78, 5) is 0. The van der Waals surface area contributed by atoms with E-state index < -0.39 is 5.82 Å². The molecule has 8 heteroatoms. The van der Waals surface area contributed by atoms with Gasteiger partial charge >= 0.3 is 0 Å². The standard InChI is InChI=1S/C54H42F2N2O3.2CH3.Hf/c1-34-27-36(31-39(28-34)57-47-17-7-3-13-40(47)41-14-4-8-18-48(41)57)44-32-37(55)21-23-52(44)60-25-11-12-26-61-53-24-22-38(56)33-45(53)46-29-35(2)30-51(54(46)59)58-49-19-9-5-15-42(49)43-16-6-10-20-50(43)58;;;/h3-10,13-24,27-33,59H,11-12,25-26H2,1-2H3;2*1H3;/q;2*-1;. The number of aryl methyl sites for hydroxylation is 2. The zero-order valence-electron chi connectivity index (χ0n) is 36.3. The van der Waals surface area contributed by atoms with Crippen LogP contribution in [0.1, 0.15) is 24.0 Å². The monoisotopic (exact) mass is 1010 g/mol. The van der Waals surface area contributed by atoms with Gasteiger partial charge in [0.1, 0.15) is 28.9 Å². The molecule has 0 saturated carbocycles. The van der Waals surface area contributed by atoms with Crippen LogP contribution >= 0.6 is 0 Å². The van der Waals surface area contributed by atoms with Crippen LogP contribution in [-0.2, 0) is 25.8 Å². The zero-order valence-corrected chi connectivity index (χ0v) is 39.9. The Hall–Kier alpha value is -6.51. The number of ether oxygens (including phenoxy) is 2. The number of para-hydroxylation sites is 4. The summed E-state index contributed by atoms with van der Waals surface area (Å²) in [5, 5.41) is 16.5. The van der Waals surface area contributed by atoms with Crippen molar-refractivity contribution in [1.82, 2.24) is 9.13 Å². The van der Waals surface area contributed by atoms with Gasteiger partial charge in [0.25, 0.3) is 0 Å². The van der Waals surface area contributed by atoms with Crippen molar-refractivity contribution >= 4 is 43.6 Å². The molecule has 10 aromatic rings. The molecule has 64 heavy (non-hydrogen) atoms. The van der Waals surface area contributed by atoms with Gasteiger partial charge in [0.15, 0.2) is 0 Å². The van der Waals surface area contributed by atoms with Crippen molar-refractivity contribution in [2.75, 3.05) is 13.2 Å². The van der Waals surface area contributed by atoms with Gasteiger partial charge in [-0.15, -0.1) is 0 Å². The molecular formula is C56H48F2HfN2O3-2. The summed E-state index contributed by atoms with van der Waals surface area (Å²) in [6, 6.07) is 52.2. The largest absolute Gasteiger partial charge is 0.505 e. The quantitative estimate of drug-likeness (QED) is 0.0798. The fourth-order valence-corrected chi connectivity index (χ4v) is 8.83. The summed E-state index contributed by atoms with van der Waals surface area (Å²) in [6.07, 6.45) is 1.30. The smallest absolute Gasteiger partial charge is 0.147 e. The SMILES string of the molecule is Cc1cc(-c2cc(F)ccc2OCCCCOc2ccc(F)cc2-c2cc(C)cc(-n3c4ccccc4c4ccccc43)c2O)cc(-n2c3ccccc3c3ccccc32)c1.[CH3-].[CH3-].[Hf]. The molecule has 2 aromatic heterocycles. The fourth-order valence-electron chi connectivity index (χ4n) is 8.83. The molecule has 0 amide bonds. The van der Waals surface area contributed by atoms with Gasteiger partial charge in [0, 0.05) is 69.8 Å².